The Morgan fingerprint density at radius 1 is 1.05 bits per heavy atom. The normalized spacial score (nSPS) is 16.1. The fourth-order valence-electron chi connectivity index (χ4n) is 4.41. The number of piperidine rings is 1. The number of para-hydroxylation sites is 1. The van der Waals surface area contributed by atoms with Crippen molar-refractivity contribution in [2.45, 2.75) is 43.5 Å². The molecule has 1 aliphatic heterocycles. The van der Waals surface area contributed by atoms with Crippen LogP contribution >= 0.6 is 23.2 Å². The van der Waals surface area contributed by atoms with E-state index in [-0.39, 0.29) is 22.1 Å². The molecule has 0 aliphatic carbocycles. The van der Waals surface area contributed by atoms with E-state index < -0.39 is 10.0 Å². The highest BCUT2D eigenvalue weighted by molar-refractivity contribution is 7.92. The molecule has 3 aromatic carbocycles. The summed E-state index contributed by atoms with van der Waals surface area (Å²) < 4.78 is 34.5. The van der Waals surface area contributed by atoms with Crippen LogP contribution in [0.4, 0.5) is 5.69 Å². The molecule has 0 saturated carbocycles. The maximum atomic E-state index is 13.1. The Bertz CT molecular complexity index is 1370. The number of rotatable bonds is 10. The Kier molecular flexibility index (Phi) is 9.54. The summed E-state index contributed by atoms with van der Waals surface area (Å²) in [4.78, 5) is 15.4. The van der Waals surface area contributed by atoms with Gasteiger partial charge in [-0.15, -0.1) is 0 Å². The first kappa shape index (κ1) is 28.2. The van der Waals surface area contributed by atoms with Gasteiger partial charge in [0.25, 0.3) is 15.9 Å². The van der Waals surface area contributed by atoms with Gasteiger partial charge in [-0.3, -0.25) is 9.52 Å². The van der Waals surface area contributed by atoms with Crippen LogP contribution in [0.5, 0.6) is 11.5 Å². The summed E-state index contributed by atoms with van der Waals surface area (Å²) in [5, 5.41) is 3.67. The second-order valence-electron chi connectivity index (χ2n) is 9.29. The Hall–Kier alpha value is -2.78. The third-order valence-electron chi connectivity index (χ3n) is 6.52. The van der Waals surface area contributed by atoms with Crippen molar-refractivity contribution >= 4 is 44.8 Å². The molecular formula is C28H31Cl2N3O4S. The summed E-state index contributed by atoms with van der Waals surface area (Å²) in [6.07, 6.45) is 4.48. The number of benzene rings is 3. The SMILES string of the molecule is C[C@H]1CCCCN1CCCNC(=O)c1cc(Cl)ccc1NS(=O)(=O)c1ccc(Oc2ccccc2Cl)cc1. The minimum Gasteiger partial charge on any atom is -0.456 e. The predicted molar refractivity (Wildman–Crippen MR) is 152 cm³/mol. The number of nitrogens with one attached hydrogen (secondary N) is 2. The van der Waals surface area contributed by atoms with Crippen molar-refractivity contribution in [3.05, 3.63) is 82.3 Å². The van der Waals surface area contributed by atoms with Crippen LogP contribution in [0.15, 0.2) is 71.6 Å². The Morgan fingerprint density at radius 3 is 2.55 bits per heavy atom. The number of hydrogen-bond acceptors (Lipinski definition) is 5. The molecule has 1 fully saturated rings. The molecule has 1 amide bonds. The molecule has 0 unspecified atom stereocenters. The zero-order chi connectivity index (χ0) is 27.1. The van der Waals surface area contributed by atoms with Gasteiger partial charge in [0, 0.05) is 24.2 Å². The predicted octanol–water partition coefficient (Wildman–Crippen LogP) is 6.58. The van der Waals surface area contributed by atoms with Crippen molar-refractivity contribution in [2.75, 3.05) is 24.4 Å². The summed E-state index contributed by atoms with van der Waals surface area (Å²) in [6.45, 7) is 4.71. The zero-order valence-corrected chi connectivity index (χ0v) is 23.5. The maximum Gasteiger partial charge on any atom is 0.261 e. The molecule has 1 saturated heterocycles. The van der Waals surface area contributed by atoms with E-state index in [1.807, 2.05) is 0 Å². The largest absolute Gasteiger partial charge is 0.456 e. The van der Waals surface area contributed by atoms with Gasteiger partial charge in [0.1, 0.15) is 11.5 Å². The number of ether oxygens (including phenoxy) is 1. The molecule has 1 heterocycles. The minimum absolute atomic E-state index is 0.0148. The maximum absolute atomic E-state index is 13.1. The van der Waals surface area contributed by atoms with Crippen molar-refractivity contribution in [1.29, 1.82) is 0 Å². The molecule has 0 aromatic heterocycles. The highest BCUT2D eigenvalue weighted by Crippen LogP contribution is 2.30. The molecule has 0 spiro atoms. The standard InChI is InChI=1S/C28H31Cl2N3O4S/c1-20-7-4-5-17-33(20)18-6-16-31-28(34)24-19-21(29)10-15-26(24)32-38(35,36)23-13-11-22(12-14-23)37-27-9-3-2-8-25(27)30/h2-3,8-15,19-20,32H,4-7,16-18H2,1H3,(H,31,34)/t20-/m0/s1. The monoisotopic (exact) mass is 575 g/mol. The van der Waals surface area contributed by atoms with Gasteiger partial charge < -0.3 is 15.0 Å². The summed E-state index contributed by atoms with van der Waals surface area (Å²) >= 11 is 12.3. The molecule has 3 aromatic rings. The van der Waals surface area contributed by atoms with Gasteiger partial charge in [-0.2, -0.15) is 0 Å². The number of halogens is 2. The van der Waals surface area contributed by atoms with E-state index in [1.165, 1.54) is 61.7 Å². The zero-order valence-electron chi connectivity index (χ0n) is 21.1. The Balaban J connectivity index is 1.40. The number of hydrogen-bond donors (Lipinski definition) is 2. The van der Waals surface area contributed by atoms with E-state index >= 15 is 0 Å². The first-order chi connectivity index (χ1) is 18.2. The van der Waals surface area contributed by atoms with Crippen LogP contribution in [-0.4, -0.2) is 44.9 Å². The number of amides is 1. The third kappa shape index (κ3) is 7.41. The van der Waals surface area contributed by atoms with E-state index in [1.54, 1.807) is 24.3 Å². The quantitative estimate of drug-likeness (QED) is 0.266. The first-order valence-electron chi connectivity index (χ1n) is 12.6. The molecule has 4 rings (SSSR count). The van der Waals surface area contributed by atoms with Crippen molar-refractivity contribution in [1.82, 2.24) is 10.2 Å². The second kappa shape index (κ2) is 12.8. The number of nitrogens with zero attached hydrogens (tertiary/aromatic N) is 1. The molecule has 1 atom stereocenters. The highest BCUT2D eigenvalue weighted by Gasteiger charge is 2.21. The average molecular weight is 577 g/mol. The molecular weight excluding hydrogens is 545 g/mol. The van der Waals surface area contributed by atoms with Gasteiger partial charge in [0.05, 0.1) is 21.2 Å². The van der Waals surface area contributed by atoms with Crippen molar-refractivity contribution in [3.8, 4) is 11.5 Å². The summed E-state index contributed by atoms with van der Waals surface area (Å²) in [5.41, 5.74) is 0.305. The lowest BCUT2D eigenvalue weighted by molar-refractivity contribution is 0.0949. The Labute approximate surface area is 234 Å². The molecule has 7 nitrogen and oxygen atoms in total. The van der Waals surface area contributed by atoms with E-state index in [9.17, 15) is 13.2 Å². The molecule has 38 heavy (non-hydrogen) atoms. The van der Waals surface area contributed by atoms with Crippen molar-refractivity contribution in [2.24, 2.45) is 0 Å². The summed E-state index contributed by atoms with van der Waals surface area (Å²) in [6, 6.07) is 18.0. The summed E-state index contributed by atoms with van der Waals surface area (Å²) in [7, 11) is -3.99. The topological polar surface area (TPSA) is 87.7 Å². The van der Waals surface area contributed by atoms with Gasteiger partial charge in [-0.05, 0) is 87.3 Å². The number of carbonyl (C=O) groups is 1. The number of carbonyl (C=O) groups excluding carboxylic acids is 1. The van der Waals surface area contributed by atoms with Crippen molar-refractivity contribution in [3.63, 3.8) is 0 Å². The van der Waals surface area contributed by atoms with Crippen LogP contribution in [0.2, 0.25) is 10.0 Å². The Morgan fingerprint density at radius 2 is 1.82 bits per heavy atom. The number of sulfonamides is 1. The average Bonchev–Trinajstić information content (AvgIpc) is 2.90. The molecule has 10 heteroatoms. The number of likely N-dealkylation sites (tertiary alicyclic amines) is 1. The fraction of sp³-hybridized carbons (Fsp3) is 0.321. The second-order valence-corrected chi connectivity index (χ2v) is 11.8. The van der Waals surface area contributed by atoms with Crippen LogP contribution in [0.1, 0.15) is 43.0 Å². The van der Waals surface area contributed by atoms with Gasteiger partial charge in [0.2, 0.25) is 0 Å². The molecule has 0 radical (unpaired) electrons. The summed E-state index contributed by atoms with van der Waals surface area (Å²) in [5.74, 6) is 0.507. The third-order valence-corrected chi connectivity index (χ3v) is 8.45. The van der Waals surface area contributed by atoms with Gasteiger partial charge in [-0.25, -0.2) is 8.42 Å². The fourth-order valence-corrected chi connectivity index (χ4v) is 5.83. The highest BCUT2D eigenvalue weighted by atomic mass is 35.5. The van der Waals surface area contributed by atoms with Crippen LogP contribution < -0.4 is 14.8 Å². The van der Waals surface area contributed by atoms with E-state index in [2.05, 4.69) is 21.9 Å². The van der Waals surface area contributed by atoms with Gasteiger partial charge in [-0.1, -0.05) is 41.8 Å². The van der Waals surface area contributed by atoms with Gasteiger partial charge >= 0.3 is 0 Å². The molecule has 0 bridgehead atoms. The van der Waals surface area contributed by atoms with E-state index in [4.69, 9.17) is 27.9 Å². The molecule has 2 N–H and O–H groups in total. The number of anilines is 1. The smallest absolute Gasteiger partial charge is 0.261 e. The van der Waals surface area contributed by atoms with Crippen molar-refractivity contribution < 1.29 is 17.9 Å². The molecule has 202 valence electrons. The lowest BCUT2D eigenvalue weighted by Crippen LogP contribution is -2.39. The molecule has 1 aliphatic rings. The van der Waals surface area contributed by atoms with Crippen LogP contribution in [0.25, 0.3) is 0 Å². The van der Waals surface area contributed by atoms with Crippen LogP contribution in [-0.2, 0) is 10.0 Å². The lowest BCUT2D eigenvalue weighted by atomic mass is 10.0. The first-order valence-corrected chi connectivity index (χ1v) is 14.8. The van der Waals surface area contributed by atoms with Crippen LogP contribution in [0, 0.1) is 0 Å². The van der Waals surface area contributed by atoms with E-state index in [0.29, 0.717) is 34.1 Å². The lowest BCUT2D eigenvalue weighted by Gasteiger charge is -2.33. The minimum atomic E-state index is -3.99. The van der Waals surface area contributed by atoms with Gasteiger partial charge in [0.15, 0.2) is 0 Å². The van der Waals surface area contributed by atoms with Crippen LogP contribution in [0.3, 0.4) is 0 Å². The van der Waals surface area contributed by atoms with E-state index in [0.717, 1.165) is 19.5 Å².